The van der Waals surface area contributed by atoms with Gasteiger partial charge in [0.05, 0.1) is 31.1 Å². The van der Waals surface area contributed by atoms with Crippen LogP contribution < -0.4 is 5.32 Å². The highest BCUT2D eigenvalue weighted by molar-refractivity contribution is 5.88. The average Bonchev–Trinajstić information content (AvgIpc) is 3.04. The molecule has 0 fully saturated rings. The number of nitrogens with one attached hydrogen (secondary N) is 1. The van der Waals surface area contributed by atoms with E-state index in [9.17, 15) is 4.79 Å². The highest BCUT2D eigenvalue weighted by Crippen LogP contribution is 2.13. The van der Waals surface area contributed by atoms with Crippen LogP contribution in [0.4, 0.5) is 5.69 Å². The lowest BCUT2D eigenvalue weighted by Crippen LogP contribution is -2.01. The average molecular weight is 263 g/mol. The van der Waals surface area contributed by atoms with Gasteiger partial charge in [0.15, 0.2) is 0 Å². The Hall–Kier alpha value is -2.24. The Morgan fingerprint density at radius 1 is 1.58 bits per heavy atom. The molecule has 0 bridgehead atoms. The first-order valence-electron chi connectivity index (χ1n) is 6.04. The van der Waals surface area contributed by atoms with Gasteiger partial charge < -0.3 is 14.5 Å². The Kier molecular flexibility index (Phi) is 3.89. The summed E-state index contributed by atoms with van der Waals surface area (Å²) < 4.78 is 11.7. The number of carbonyl (C=O) groups is 1. The van der Waals surface area contributed by atoms with E-state index in [-0.39, 0.29) is 0 Å². The van der Waals surface area contributed by atoms with Crippen molar-refractivity contribution in [3.05, 3.63) is 36.0 Å². The standard InChI is InChI=1S/C13H17N3O3/c1-9(2)16-7-11(5-15-16)14-6-12-4-10(8-19-12)13(17)18-3/h4-5,7-9,14H,6H2,1-3H3. The fraction of sp³-hybridized carbons (Fsp3) is 0.385. The van der Waals surface area contributed by atoms with Crippen molar-refractivity contribution in [2.75, 3.05) is 12.4 Å². The number of nitrogens with zero attached hydrogens (tertiary/aromatic N) is 2. The fourth-order valence-electron chi connectivity index (χ4n) is 1.60. The van der Waals surface area contributed by atoms with Gasteiger partial charge in [0, 0.05) is 12.2 Å². The number of hydrogen-bond donors (Lipinski definition) is 1. The molecular formula is C13H17N3O3. The van der Waals surface area contributed by atoms with E-state index in [0.29, 0.717) is 23.9 Å². The van der Waals surface area contributed by atoms with Crippen LogP contribution in [0.15, 0.2) is 29.1 Å². The first-order chi connectivity index (χ1) is 9.10. The van der Waals surface area contributed by atoms with E-state index in [0.717, 1.165) is 5.69 Å². The van der Waals surface area contributed by atoms with Crippen LogP contribution in [0.2, 0.25) is 0 Å². The van der Waals surface area contributed by atoms with Gasteiger partial charge in [-0.3, -0.25) is 4.68 Å². The van der Waals surface area contributed by atoms with Gasteiger partial charge in [0.2, 0.25) is 0 Å². The first kappa shape index (κ1) is 13.2. The van der Waals surface area contributed by atoms with Crippen LogP contribution in [-0.2, 0) is 11.3 Å². The van der Waals surface area contributed by atoms with Gasteiger partial charge in [-0.05, 0) is 19.9 Å². The van der Waals surface area contributed by atoms with E-state index in [4.69, 9.17) is 4.42 Å². The van der Waals surface area contributed by atoms with Gasteiger partial charge in [0.1, 0.15) is 12.0 Å². The third-order valence-corrected chi connectivity index (χ3v) is 2.67. The van der Waals surface area contributed by atoms with E-state index < -0.39 is 5.97 Å². The molecule has 0 aliphatic rings. The lowest BCUT2D eigenvalue weighted by atomic mass is 10.3. The molecule has 0 atom stereocenters. The van der Waals surface area contributed by atoms with Crippen molar-refractivity contribution in [1.29, 1.82) is 0 Å². The molecule has 0 aliphatic carbocycles. The third-order valence-electron chi connectivity index (χ3n) is 2.67. The molecule has 0 saturated carbocycles. The van der Waals surface area contributed by atoms with Crippen LogP contribution in [-0.4, -0.2) is 22.9 Å². The van der Waals surface area contributed by atoms with Gasteiger partial charge in [-0.2, -0.15) is 5.10 Å². The lowest BCUT2D eigenvalue weighted by Gasteiger charge is -2.03. The van der Waals surface area contributed by atoms with E-state index in [1.165, 1.54) is 13.4 Å². The van der Waals surface area contributed by atoms with E-state index in [2.05, 4.69) is 29.0 Å². The zero-order valence-corrected chi connectivity index (χ0v) is 11.2. The van der Waals surface area contributed by atoms with E-state index in [1.807, 2.05) is 10.9 Å². The molecule has 1 N–H and O–H groups in total. The van der Waals surface area contributed by atoms with Crippen LogP contribution in [0.1, 0.15) is 36.0 Å². The second-order valence-corrected chi connectivity index (χ2v) is 4.45. The molecule has 2 heterocycles. The summed E-state index contributed by atoms with van der Waals surface area (Å²) in [6, 6.07) is 1.98. The zero-order chi connectivity index (χ0) is 13.8. The van der Waals surface area contributed by atoms with Crippen LogP contribution >= 0.6 is 0 Å². The summed E-state index contributed by atoms with van der Waals surface area (Å²) in [5.74, 6) is 0.264. The second kappa shape index (κ2) is 5.60. The molecule has 2 aromatic heterocycles. The number of esters is 1. The number of furan rings is 1. The summed E-state index contributed by atoms with van der Waals surface area (Å²) in [5, 5.41) is 7.40. The molecule has 2 aromatic rings. The number of rotatable bonds is 5. The smallest absolute Gasteiger partial charge is 0.341 e. The summed E-state index contributed by atoms with van der Waals surface area (Å²) in [5.41, 5.74) is 1.32. The lowest BCUT2D eigenvalue weighted by molar-refractivity contribution is 0.0600. The number of carbonyl (C=O) groups excluding carboxylic acids is 1. The Bertz CT molecular complexity index is 557. The molecule has 19 heavy (non-hydrogen) atoms. The molecular weight excluding hydrogens is 246 g/mol. The molecule has 6 nitrogen and oxygen atoms in total. The largest absolute Gasteiger partial charge is 0.467 e. The number of hydrogen-bond acceptors (Lipinski definition) is 5. The monoisotopic (exact) mass is 263 g/mol. The second-order valence-electron chi connectivity index (χ2n) is 4.45. The number of aromatic nitrogens is 2. The molecule has 0 radical (unpaired) electrons. The maximum atomic E-state index is 11.3. The maximum absolute atomic E-state index is 11.3. The van der Waals surface area contributed by atoms with Gasteiger partial charge in [-0.15, -0.1) is 0 Å². The molecule has 2 rings (SSSR count). The maximum Gasteiger partial charge on any atom is 0.341 e. The highest BCUT2D eigenvalue weighted by Gasteiger charge is 2.10. The van der Waals surface area contributed by atoms with Gasteiger partial charge in [0.25, 0.3) is 0 Å². The molecule has 6 heteroatoms. The summed E-state index contributed by atoms with van der Waals surface area (Å²) in [6.07, 6.45) is 5.07. The normalized spacial score (nSPS) is 10.7. The quantitative estimate of drug-likeness (QED) is 0.839. The van der Waals surface area contributed by atoms with Crippen molar-refractivity contribution in [2.45, 2.75) is 26.4 Å². The summed E-state index contributed by atoms with van der Waals surface area (Å²) >= 11 is 0. The molecule has 0 aromatic carbocycles. The van der Waals surface area contributed by atoms with Crippen molar-refractivity contribution in [3.8, 4) is 0 Å². The Balaban J connectivity index is 1.94. The minimum atomic E-state index is -0.400. The molecule has 0 amide bonds. The highest BCUT2D eigenvalue weighted by atomic mass is 16.5. The summed E-state index contributed by atoms with van der Waals surface area (Å²) in [6.45, 7) is 4.61. The molecule has 0 saturated heterocycles. The predicted octanol–water partition coefficient (Wildman–Crippen LogP) is 2.46. The third kappa shape index (κ3) is 3.15. The van der Waals surface area contributed by atoms with E-state index >= 15 is 0 Å². The number of ether oxygens (including phenoxy) is 1. The number of methoxy groups -OCH3 is 1. The summed E-state index contributed by atoms with van der Waals surface area (Å²) in [7, 11) is 1.34. The van der Waals surface area contributed by atoms with Crippen LogP contribution in [0.25, 0.3) is 0 Å². The molecule has 102 valence electrons. The zero-order valence-electron chi connectivity index (χ0n) is 11.2. The first-order valence-corrected chi connectivity index (χ1v) is 6.04. The Labute approximate surface area is 111 Å². The Morgan fingerprint density at radius 3 is 3.00 bits per heavy atom. The van der Waals surface area contributed by atoms with Crippen molar-refractivity contribution in [2.24, 2.45) is 0 Å². The molecule has 0 unspecified atom stereocenters. The van der Waals surface area contributed by atoms with Crippen LogP contribution in [0.5, 0.6) is 0 Å². The van der Waals surface area contributed by atoms with Crippen molar-refractivity contribution >= 4 is 11.7 Å². The van der Waals surface area contributed by atoms with E-state index in [1.54, 1.807) is 12.3 Å². The van der Waals surface area contributed by atoms with Gasteiger partial charge in [-0.25, -0.2) is 4.79 Å². The Morgan fingerprint density at radius 2 is 2.37 bits per heavy atom. The minimum absolute atomic E-state index is 0.324. The predicted molar refractivity (Wildman–Crippen MR) is 70.0 cm³/mol. The SMILES string of the molecule is COC(=O)c1coc(CNc2cnn(C(C)C)c2)c1. The van der Waals surface area contributed by atoms with Gasteiger partial charge in [-0.1, -0.05) is 0 Å². The van der Waals surface area contributed by atoms with Crippen molar-refractivity contribution in [1.82, 2.24) is 9.78 Å². The van der Waals surface area contributed by atoms with Crippen molar-refractivity contribution in [3.63, 3.8) is 0 Å². The topological polar surface area (TPSA) is 69.3 Å². The van der Waals surface area contributed by atoms with Crippen LogP contribution in [0.3, 0.4) is 0 Å². The van der Waals surface area contributed by atoms with Crippen LogP contribution in [0, 0.1) is 0 Å². The minimum Gasteiger partial charge on any atom is -0.467 e. The fourth-order valence-corrected chi connectivity index (χ4v) is 1.60. The number of anilines is 1. The van der Waals surface area contributed by atoms with Crippen molar-refractivity contribution < 1.29 is 13.9 Å². The van der Waals surface area contributed by atoms with Gasteiger partial charge >= 0.3 is 5.97 Å². The molecule has 0 spiro atoms. The summed E-state index contributed by atoms with van der Waals surface area (Å²) in [4.78, 5) is 11.3. The molecule has 0 aliphatic heterocycles.